The van der Waals surface area contributed by atoms with Crippen molar-refractivity contribution in [2.24, 2.45) is 0 Å². The Balaban J connectivity index is 1.87. The van der Waals surface area contributed by atoms with Crippen LogP contribution in [0.5, 0.6) is 5.75 Å². The van der Waals surface area contributed by atoms with Crippen LogP contribution < -0.4 is 11.1 Å². The van der Waals surface area contributed by atoms with Crippen molar-refractivity contribution in [3.8, 4) is 5.75 Å². The summed E-state index contributed by atoms with van der Waals surface area (Å²) in [7, 11) is -3.76. The molecule has 0 radical (unpaired) electrons. The smallest absolute Gasteiger partial charge is 0.420 e. The van der Waals surface area contributed by atoms with Crippen LogP contribution in [0.4, 0.5) is 5.69 Å². The summed E-state index contributed by atoms with van der Waals surface area (Å²) in [6.07, 6.45) is 0. The molecule has 1 heterocycles. The lowest BCUT2D eigenvalue weighted by molar-refractivity contribution is -0.116. The molecule has 3 rings (SSSR count). The minimum Gasteiger partial charge on any atom is -0.506 e. The third-order valence-electron chi connectivity index (χ3n) is 4.46. The van der Waals surface area contributed by atoms with Gasteiger partial charge in [-0.1, -0.05) is 26.0 Å². The van der Waals surface area contributed by atoms with Crippen LogP contribution >= 0.6 is 0 Å². The molecule has 0 fully saturated rings. The molecule has 0 unspecified atom stereocenters. The molecule has 0 spiro atoms. The Hall–Kier alpha value is -3.11. The number of carbonyl (C=O) groups excluding carboxylic acids is 1. The molecule has 9 nitrogen and oxygen atoms in total. The minimum absolute atomic E-state index is 0.0553. The topological polar surface area (TPSA) is 122 Å². The van der Waals surface area contributed by atoms with Crippen molar-refractivity contribution in [3.63, 3.8) is 0 Å². The maximum atomic E-state index is 12.7. The van der Waals surface area contributed by atoms with Gasteiger partial charge in [-0.3, -0.25) is 9.36 Å². The highest BCUT2D eigenvalue weighted by atomic mass is 32.2. The van der Waals surface area contributed by atoms with Gasteiger partial charge in [0.2, 0.25) is 15.9 Å². The normalized spacial score (nSPS) is 11.8. The fourth-order valence-electron chi connectivity index (χ4n) is 2.99. The number of aromatic nitrogens is 1. The van der Waals surface area contributed by atoms with Crippen molar-refractivity contribution in [2.45, 2.75) is 25.3 Å². The number of rotatable bonds is 7. The minimum atomic E-state index is -3.76. The molecule has 0 aliphatic rings. The highest BCUT2D eigenvalue weighted by molar-refractivity contribution is 7.89. The number of para-hydroxylation sites is 2. The van der Waals surface area contributed by atoms with E-state index in [-0.39, 0.29) is 36.0 Å². The highest BCUT2D eigenvalue weighted by Gasteiger charge is 2.23. The number of nitrogens with zero attached hydrogens (tertiary/aromatic N) is 2. The summed E-state index contributed by atoms with van der Waals surface area (Å²) in [5, 5.41) is 12.5. The molecule has 10 heteroatoms. The number of hydrogen-bond acceptors (Lipinski definition) is 6. The average Bonchev–Trinajstić information content (AvgIpc) is 2.99. The molecule has 0 saturated carbocycles. The summed E-state index contributed by atoms with van der Waals surface area (Å²) >= 11 is 0. The fourth-order valence-corrected chi connectivity index (χ4v) is 4.47. The monoisotopic (exact) mass is 419 g/mol. The summed E-state index contributed by atoms with van der Waals surface area (Å²) in [6, 6.07) is 10.3. The highest BCUT2D eigenvalue weighted by Crippen LogP contribution is 2.28. The number of sulfonamides is 1. The number of phenolic OH excluding ortho intramolecular Hbond substituents is 1. The van der Waals surface area contributed by atoms with Crippen LogP contribution in [0.15, 0.2) is 56.6 Å². The first-order valence-corrected chi connectivity index (χ1v) is 10.4. The molecule has 1 amide bonds. The lowest BCUT2D eigenvalue weighted by Gasteiger charge is -2.19. The number of fused-ring (bicyclic) bond motifs is 1. The Morgan fingerprint density at radius 3 is 2.55 bits per heavy atom. The van der Waals surface area contributed by atoms with Crippen LogP contribution in [0.1, 0.15) is 13.8 Å². The quantitative estimate of drug-likeness (QED) is 0.565. The zero-order chi connectivity index (χ0) is 21.2. The first kappa shape index (κ1) is 20.6. The zero-order valence-corrected chi connectivity index (χ0v) is 16.8. The van der Waals surface area contributed by atoms with E-state index in [0.717, 1.165) is 4.57 Å². The van der Waals surface area contributed by atoms with Crippen molar-refractivity contribution in [1.82, 2.24) is 8.87 Å². The van der Waals surface area contributed by atoms with Gasteiger partial charge < -0.3 is 14.8 Å². The molecule has 1 aromatic heterocycles. The fraction of sp³-hybridized carbons (Fsp3) is 0.263. The predicted molar refractivity (Wildman–Crippen MR) is 107 cm³/mol. The van der Waals surface area contributed by atoms with Crippen molar-refractivity contribution < 1.29 is 22.7 Å². The van der Waals surface area contributed by atoms with Gasteiger partial charge in [-0.05, 0) is 30.3 Å². The van der Waals surface area contributed by atoms with Crippen LogP contribution in [0.2, 0.25) is 0 Å². The van der Waals surface area contributed by atoms with Gasteiger partial charge in [0.15, 0.2) is 5.58 Å². The molecule has 2 N–H and O–H groups in total. The second kappa shape index (κ2) is 8.10. The molecular weight excluding hydrogens is 398 g/mol. The summed E-state index contributed by atoms with van der Waals surface area (Å²) in [4.78, 5) is 24.4. The Bertz CT molecular complexity index is 1210. The molecule has 0 saturated heterocycles. The van der Waals surface area contributed by atoms with Gasteiger partial charge >= 0.3 is 5.76 Å². The molecule has 0 aliphatic carbocycles. The number of aromatic hydroxyl groups is 1. The SMILES string of the molecule is CCN(CC)S(=O)(=O)c1ccc(O)c(NC(=O)Cn2c(=O)oc3ccccc32)c1. The van der Waals surface area contributed by atoms with Gasteiger partial charge in [-0.25, -0.2) is 13.2 Å². The summed E-state index contributed by atoms with van der Waals surface area (Å²) < 4.78 is 32.8. The van der Waals surface area contributed by atoms with Crippen LogP contribution in [-0.4, -0.2) is 41.4 Å². The first-order chi connectivity index (χ1) is 13.8. The van der Waals surface area contributed by atoms with Gasteiger partial charge in [0.25, 0.3) is 0 Å². The second-order valence-corrected chi connectivity index (χ2v) is 8.18. The van der Waals surface area contributed by atoms with Gasteiger partial charge in [-0.15, -0.1) is 0 Å². The second-order valence-electron chi connectivity index (χ2n) is 6.24. The predicted octanol–water partition coefficient (Wildman–Crippen LogP) is 1.97. The van der Waals surface area contributed by atoms with E-state index in [2.05, 4.69) is 5.32 Å². The van der Waals surface area contributed by atoms with Crippen molar-refractivity contribution in [2.75, 3.05) is 18.4 Å². The standard InChI is InChI=1S/C19H21N3O6S/c1-3-21(4-2)29(26,27)13-9-10-16(23)14(11-13)20-18(24)12-22-15-7-5-6-8-17(15)28-19(22)25/h5-11,23H,3-4,12H2,1-2H3,(H,20,24). The van der Waals surface area contributed by atoms with E-state index in [1.54, 1.807) is 38.1 Å². The summed E-state index contributed by atoms with van der Waals surface area (Å²) in [5.74, 6) is -1.60. The molecule has 0 atom stereocenters. The molecule has 154 valence electrons. The summed E-state index contributed by atoms with van der Waals surface area (Å²) in [5.41, 5.74) is 0.735. The van der Waals surface area contributed by atoms with E-state index < -0.39 is 21.7 Å². The van der Waals surface area contributed by atoms with E-state index >= 15 is 0 Å². The van der Waals surface area contributed by atoms with Crippen molar-refractivity contribution in [1.29, 1.82) is 0 Å². The average molecular weight is 419 g/mol. The number of anilines is 1. The zero-order valence-electron chi connectivity index (χ0n) is 16.0. The van der Waals surface area contributed by atoms with E-state index in [1.807, 2.05) is 0 Å². The van der Waals surface area contributed by atoms with E-state index in [0.29, 0.717) is 11.1 Å². The number of amides is 1. The van der Waals surface area contributed by atoms with E-state index in [9.17, 15) is 23.1 Å². The Morgan fingerprint density at radius 1 is 1.17 bits per heavy atom. The first-order valence-electron chi connectivity index (χ1n) is 8.99. The molecule has 0 aliphatic heterocycles. The number of oxazole rings is 1. The maximum absolute atomic E-state index is 12.7. The van der Waals surface area contributed by atoms with Crippen LogP contribution in [0, 0.1) is 0 Å². The number of carbonyl (C=O) groups is 1. The maximum Gasteiger partial charge on any atom is 0.420 e. The van der Waals surface area contributed by atoms with E-state index in [1.165, 1.54) is 22.5 Å². The Kier molecular flexibility index (Phi) is 5.76. The van der Waals surface area contributed by atoms with Crippen LogP contribution in [-0.2, 0) is 21.4 Å². The third-order valence-corrected chi connectivity index (χ3v) is 6.51. The lowest BCUT2D eigenvalue weighted by Crippen LogP contribution is -2.30. The van der Waals surface area contributed by atoms with Crippen LogP contribution in [0.25, 0.3) is 11.1 Å². The summed E-state index contributed by atoms with van der Waals surface area (Å²) in [6.45, 7) is 3.66. The number of nitrogens with one attached hydrogen (secondary N) is 1. The third kappa shape index (κ3) is 4.03. The molecule has 29 heavy (non-hydrogen) atoms. The Morgan fingerprint density at radius 2 is 1.86 bits per heavy atom. The van der Waals surface area contributed by atoms with E-state index in [4.69, 9.17) is 4.42 Å². The molecule has 3 aromatic rings. The van der Waals surface area contributed by atoms with Crippen molar-refractivity contribution in [3.05, 3.63) is 53.0 Å². The molecule has 2 aromatic carbocycles. The van der Waals surface area contributed by atoms with Crippen molar-refractivity contribution >= 4 is 32.7 Å². The Labute approximate surface area is 167 Å². The van der Waals surface area contributed by atoms with Gasteiger partial charge in [-0.2, -0.15) is 4.31 Å². The molecular formula is C19H21N3O6S. The van der Waals surface area contributed by atoms with Crippen LogP contribution in [0.3, 0.4) is 0 Å². The number of phenols is 1. The molecule has 0 bridgehead atoms. The van der Waals surface area contributed by atoms with Gasteiger partial charge in [0.1, 0.15) is 12.3 Å². The lowest BCUT2D eigenvalue weighted by atomic mass is 10.3. The van der Waals surface area contributed by atoms with Gasteiger partial charge in [0, 0.05) is 13.1 Å². The largest absolute Gasteiger partial charge is 0.506 e. The number of benzene rings is 2. The number of hydrogen-bond donors (Lipinski definition) is 2. The van der Waals surface area contributed by atoms with Gasteiger partial charge in [0.05, 0.1) is 16.1 Å².